The van der Waals surface area contributed by atoms with Crippen LogP contribution in [0.15, 0.2) is 60.9 Å². The summed E-state index contributed by atoms with van der Waals surface area (Å²) in [7, 11) is 0. The average molecular weight is 454 g/mol. The van der Waals surface area contributed by atoms with Crippen molar-refractivity contribution in [1.82, 2.24) is 20.2 Å². The molecule has 1 saturated carbocycles. The zero-order valence-corrected chi connectivity index (χ0v) is 19.1. The van der Waals surface area contributed by atoms with Crippen LogP contribution in [0.4, 0.5) is 28.8 Å². The van der Waals surface area contributed by atoms with Crippen LogP contribution in [0.5, 0.6) is 0 Å². The third-order valence-corrected chi connectivity index (χ3v) is 6.91. The smallest absolute Gasteiger partial charge is 0.254 e. The Morgan fingerprint density at radius 3 is 2.68 bits per heavy atom. The molecule has 1 amide bonds. The van der Waals surface area contributed by atoms with Gasteiger partial charge in [0.1, 0.15) is 11.7 Å². The molecule has 0 unspecified atom stereocenters. The summed E-state index contributed by atoms with van der Waals surface area (Å²) in [5.41, 5.74) is 3.43. The summed E-state index contributed by atoms with van der Waals surface area (Å²) in [5.74, 6) is 1.38. The van der Waals surface area contributed by atoms with E-state index in [9.17, 15) is 4.79 Å². The third kappa shape index (κ3) is 3.55. The first kappa shape index (κ1) is 20.7. The number of amides is 1. The molecule has 6 rings (SSSR count). The number of para-hydroxylation sites is 1. The number of carbonyl (C=O) groups excluding carboxylic acids is 1. The topological polar surface area (TPSA) is 90.0 Å². The molecule has 8 heteroatoms. The molecule has 1 atom stereocenters. The minimum atomic E-state index is -0.305. The summed E-state index contributed by atoms with van der Waals surface area (Å²) in [6, 6.07) is 15.7. The van der Waals surface area contributed by atoms with E-state index in [1.165, 1.54) is 19.3 Å². The zero-order chi connectivity index (χ0) is 23.1. The molecule has 1 aliphatic carbocycles. The molecule has 0 saturated heterocycles. The summed E-state index contributed by atoms with van der Waals surface area (Å²) in [6.07, 6.45) is 9.33. The van der Waals surface area contributed by atoms with Gasteiger partial charge in [0.25, 0.3) is 5.91 Å². The summed E-state index contributed by atoms with van der Waals surface area (Å²) >= 11 is 0. The maximum Gasteiger partial charge on any atom is 0.254 e. The second-order valence-corrected chi connectivity index (χ2v) is 9.08. The Morgan fingerprint density at radius 1 is 1.03 bits per heavy atom. The number of fused-ring (bicyclic) bond motifs is 2. The van der Waals surface area contributed by atoms with E-state index >= 15 is 0 Å². The van der Waals surface area contributed by atoms with Crippen LogP contribution in [0.2, 0.25) is 0 Å². The number of aromatic nitrogens is 4. The molecule has 172 valence electrons. The van der Waals surface area contributed by atoms with Gasteiger partial charge in [-0.15, -0.1) is 0 Å². The number of anilines is 5. The lowest BCUT2D eigenvalue weighted by atomic mass is 9.92. The van der Waals surface area contributed by atoms with Crippen molar-refractivity contribution in [2.24, 2.45) is 0 Å². The minimum Gasteiger partial charge on any atom is -0.340 e. The molecule has 34 heavy (non-hydrogen) atoms. The number of hydrogen-bond acceptors (Lipinski definition) is 6. The highest BCUT2D eigenvalue weighted by atomic mass is 16.2. The van der Waals surface area contributed by atoms with Crippen molar-refractivity contribution in [3.05, 3.63) is 60.9 Å². The normalized spacial score (nSPS) is 18.9. The van der Waals surface area contributed by atoms with Gasteiger partial charge in [-0.1, -0.05) is 37.5 Å². The van der Waals surface area contributed by atoms with Gasteiger partial charge in [0.2, 0.25) is 5.95 Å². The summed E-state index contributed by atoms with van der Waals surface area (Å²) in [6.45, 7) is 2.00. The highest BCUT2D eigenvalue weighted by molar-refractivity contribution is 6.09. The molecule has 0 bridgehead atoms. The lowest BCUT2D eigenvalue weighted by Crippen LogP contribution is -2.55. The summed E-state index contributed by atoms with van der Waals surface area (Å²) in [4.78, 5) is 27.2. The van der Waals surface area contributed by atoms with Crippen molar-refractivity contribution in [3.63, 3.8) is 0 Å². The van der Waals surface area contributed by atoms with Crippen LogP contribution >= 0.6 is 0 Å². The molecule has 2 N–H and O–H groups in total. The van der Waals surface area contributed by atoms with Crippen LogP contribution in [-0.2, 0) is 4.79 Å². The molecule has 4 aromatic rings. The maximum absolute atomic E-state index is 13.6. The number of carbonyl (C=O) groups is 1. The van der Waals surface area contributed by atoms with Gasteiger partial charge in [-0.25, -0.2) is 4.98 Å². The van der Waals surface area contributed by atoms with E-state index in [1.54, 1.807) is 17.3 Å². The van der Waals surface area contributed by atoms with Crippen LogP contribution in [0.1, 0.15) is 39.0 Å². The Morgan fingerprint density at radius 2 is 1.85 bits per heavy atom. The van der Waals surface area contributed by atoms with E-state index < -0.39 is 0 Å². The number of benzene rings is 2. The van der Waals surface area contributed by atoms with Crippen LogP contribution in [0.3, 0.4) is 0 Å². The monoisotopic (exact) mass is 453 g/mol. The molecule has 0 radical (unpaired) electrons. The maximum atomic E-state index is 13.6. The number of hydrogen-bond donors (Lipinski definition) is 2. The number of aromatic amines is 1. The molecule has 1 fully saturated rings. The summed E-state index contributed by atoms with van der Waals surface area (Å²) in [5, 5.41) is 11.4. The van der Waals surface area contributed by atoms with Gasteiger partial charge in [-0.2, -0.15) is 10.1 Å². The first-order valence-electron chi connectivity index (χ1n) is 11.9. The van der Waals surface area contributed by atoms with Gasteiger partial charge in [0, 0.05) is 22.8 Å². The average Bonchev–Trinajstić information content (AvgIpc) is 3.34. The first-order chi connectivity index (χ1) is 16.7. The second-order valence-electron chi connectivity index (χ2n) is 9.08. The predicted octanol–water partition coefficient (Wildman–Crippen LogP) is 5.30. The molecule has 8 nitrogen and oxygen atoms in total. The van der Waals surface area contributed by atoms with Crippen molar-refractivity contribution < 1.29 is 4.79 Å². The number of nitrogens with one attached hydrogen (secondary N) is 2. The Bertz CT molecular complexity index is 1330. The highest BCUT2D eigenvalue weighted by Crippen LogP contribution is 2.42. The Kier molecular flexibility index (Phi) is 5.13. The molecule has 2 aromatic carbocycles. The fraction of sp³-hybridized carbons (Fsp3) is 0.308. The largest absolute Gasteiger partial charge is 0.340 e. The molecule has 1 aliphatic heterocycles. The van der Waals surface area contributed by atoms with Crippen molar-refractivity contribution >= 4 is 45.6 Å². The van der Waals surface area contributed by atoms with Crippen LogP contribution < -0.4 is 15.1 Å². The van der Waals surface area contributed by atoms with E-state index in [4.69, 9.17) is 4.98 Å². The van der Waals surface area contributed by atoms with Crippen LogP contribution in [0.25, 0.3) is 10.9 Å². The lowest BCUT2D eigenvalue weighted by molar-refractivity contribution is -0.119. The van der Waals surface area contributed by atoms with Crippen molar-refractivity contribution in [2.45, 2.75) is 51.1 Å². The molecule has 3 heterocycles. The fourth-order valence-corrected chi connectivity index (χ4v) is 5.22. The second kappa shape index (κ2) is 8.44. The predicted molar refractivity (Wildman–Crippen MR) is 134 cm³/mol. The van der Waals surface area contributed by atoms with Gasteiger partial charge in [-0.05, 0) is 50.1 Å². The SMILES string of the molecule is C[C@@H]1C(=O)N(c2ccccc2)c2cnc(Nc3ccc4[nH]ncc4c3)nc2N1C1CCCCC1. The number of H-pyrrole nitrogens is 1. The standard InChI is InChI=1S/C26H27N7O/c1-17-25(34)33(21-10-6-3-7-11-21)23-16-27-26(29-19-12-13-22-18(14-19)15-28-31-22)30-24(23)32(17)20-8-4-2-5-9-20/h3,6-7,10-17,20H,2,4-5,8-9H2,1H3,(H,28,31)(H,27,29,30)/t17-/m1/s1. The van der Waals surface area contributed by atoms with E-state index in [-0.39, 0.29) is 11.9 Å². The Labute approximate surface area is 198 Å². The van der Waals surface area contributed by atoms with Gasteiger partial charge < -0.3 is 10.2 Å². The van der Waals surface area contributed by atoms with Crippen molar-refractivity contribution in [3.8, 4) is 0 Å². The van der Waals surface area contributed by atoms with Crippen molar-refractivity contribution in [1.29, 1.82) is 0 Å². The van der Waals surface area contributed by atoms with Gasteiger partial charge in [0.15, 0.2) is 5.82 Å². The fourth-order valence-electron chi connectivity index (χ4n) is 5.22. The molecule has 0 spiro atoms. The quantitative estimate of drug-likeness (QED) is 0.436. The molecule has 2 aromatic heterocycles. The van der Waals surface area contributed by atoms with Crippen LogP contribution in [0, 0.1) is 0 Å². The third-order valence-electron chi connectivity index (χ3n) is 6.91. The Balaban J connectivity index is 1.43. The van der Waals surface area contributed by atoms with Gasteiger partial charge in [0.05, 0.1) is 17.9 Å². The lowest BCUT2D eigenvalue weighted by Gasteiger charge is -2.45. The van der Waals surface area contributed by atoms with E-state index in [2.05, 4.69) is 25.4 Å². The van der Waals surface area contributed by atoms with Crippen molar-refractivity contribution in [2.75, 3.05) is 15.1 Å². The van der Waals surface area contributed by atoms with Crippen LogP contribution in [-0.4, -0.2) is 38.2 Å². The zero-order valence-electron chi connectivity index (χ0n) is 19.1. The van der Waals surface area contributed by atoms with Gasteiger partial charge >= 0.3 is 0 Å². The van der Waals surface area contributed by atoms with E-state index in [0.717, 1.165) is 46.6 Å². The number of nitrogens with zero attached hydrogens (tertiary/aromatic N) is 5. The van der Waals surface area contributed by atoms with Gasteiger partial charge in [-0.3, -0.25) is 14.8 Å². The Hall–Kier alpha value is -3.94. The van der Waals surface area contributed by atoms with E-state index in [0.29, 0.717) is 12.0 Å². The summed E-state index contributed by atoms with van der Waals surface area (Å²) < 4.78 is 0. The minimum absolute atomic E-state index is 0.0546. The number of rotatable bonds is 4. The molecular weight excluding hydrogens is 426 g/mol. The first-order valence-corrected chi connectivity index (χ1v) is 11.9. The molecule has 2 aliphatic rings. The molecular formula is C26H27N7O. The highest BCUT2D eigenvalue weighted by Gasteiger charge is 2.41. The van der Waals surface area contributed by atoms with E-state index in [1.807, 2.05) is 55.5 Å².